The van der Waals surface area contributed by atoms with Gasteiger partial charge in [0.2, 0.25) is 11.8 Å². The molecule has 1 aliphatic carbocycles. The van der Waals surface area contributed by atoms with Crippen LogP contribution in [0.15, 0.2) is 48.7 Å². The van der Waals surface area contributed by atoms with Gasteiger partial charge in [0, 0.05) is 11.9 Å². The highest BCUT2D eigenvalue weighted by Crippen LogP contribution is 2.44. The van der Waals surface area contributed by atoms with Crippen molar-refractivity contribution >= 4 is 34.4 Å². The second-order valence-electron chi connectivity index (χ2n) is 9.14. The number of carbonyl (C=O) groups is 3. The zero-order valence-corrected chi connectivity index (χ0v) is 19.2. The van der Waals surface area contributed by atoms with E-state index in [4.69, 9.17) is 4.74 Å². The Labute approximate surface area is 197 Å². The Bertz CT molecular complexity index is 1230. The van der Waals surface area contributed by atoms with Crippen LogP contribution in [0.3, 0.4) is 0 Å². The van der Waals surface area contributed by atoms with Crippen LogP contribution in [0.4, 0.5) is 5.69 Å². The van der Waals surface area contributed by atoms with E-state index in [-0.39, 0.29) is 11.8 Å². The van der Waals surface area contributed by atoms with Crippen molar-refractivity contribution in [2.24, 2.45) is 0 Å². The lowest BCUT2D eigenvalue weighted by atomic mass is 9.77. The minimum absolute atomic E-state index is 0.00925. The Morgan fingerprint density at radius 2 is 1.85 bits per heavy atom. The second kappa shape index (κ2) is 8.93. The molecule has 176 valence electrons. The second-order valence-corrected chi connectivity index (χ2v) is 9.14. The normalized spacial score (nSPS) is 19.3. The van der Waals surface area contributed by atoms with E-state index in [0.29, 0.717) is 24.2 Å². The maximum atomic E-state index is 14.0. The molecule has 2 heterocycles. The highest BCUT2D eigenvalue weighted by molar-refractivity contribution is 6.04. The monoisotopic (exact) mass is 460 g/mol. The predicted molar refractivity (Wildman–Crippen MR) is 127 cm³/mol. The van der Waals surface area contributed by atoms with Crippen LogP contribution in [0.1, 0.15) is 54.4 Å². The maximum absolute atomic E-state index is 14.0. The van der Waals surface area contributed by atoms with E-state index in [1.807, 2.05) is 30.3 Å². The van der Waals surface area contributed by atoms with Crippen LogP contribution in [0, 0.1) is 0 Å². The first-order valence-electron chi connectivity index (χ1n) is 11.8. The van der Waals surface area contributed by atoms with Gasteiger partial charge in [-0.25, -0.2) is 4.79 Å². The number of likely N-dealkylation sites (tertiary alicyclic amines) is 1. The molecule has 1 saturated carbocycles. The Morgan fingerprint density at radius 3 is 2.59 bits per heavy atom. The highest BCUT2D eigenvalue weighted by Gasteiger charge is 2.48. The van der Waals surface area contributed by atoms with Crippen molar-refractivity contribution in [1.82, 2.24) is 15.1 Å². The molecule has 2 aliphatic rings. The smallest absolute Gasteiger partial charge is 0.337 e. The third-order valence-corrected chi connectivity index (χ3v) is 7.28. The number of ether oxygens (including phenoxy) is 1. The molecule has 2 fully saturated rings. The van der Waals surface area contributed by atoms with Gasteiger partial charge in [-0.1, -0.05) is 31.0 Å². The summed E-state index contributed by atoms with van der Waals surface area (Å²) in [5.41, 5.74) is 2.22. The average molecular weight is 461 g/mol. The van der Waals surface area contributed by atoms with Gasteiger partial charge in [-0.3, -0.25) is 14.7 Å². The molecule has 1 atom stereocenters. The maximum Gasteiger partial charge on any atom is 0.337 e. The van der Waals surface area contributed by atoms with E-state index in [1.54, 1.807) is 23.2 Å². The van der Waals surface area contributed by atoms with Crippen molar-refractivity contribution < 1.29 is 19.1 Å². The summed E-state index contributed by atoms with van der Waals surface area (Å²) in [4.78, 5) is 41.0. The molecule has 1 aromatic heterocycles. The molecular weight excluding hydrogens is 432 g/mol. The first-order valence-corrected chi connectivity index (χ1v) is 11.8. The lowest BCUT2D eigenvalue weighted by Gasteiger charge is -2.35. The zero-order valence-electron chi connectivity index (χ0n) is 19.2. The quantitative estimate of drug-likeness (QED) is 0.564. The number of hydrogen-bond donors (Lipinski definition) is 2. The van der Waals surface area contributed by atoms with Gasteiger partial charge in [-0.2, -0.15) is 5.10 Å². The summed E-state index contributed by atoms with van der Waals surface area (Å²) in [7, 11) is 1.35. The third kappa shape index (κ3) is 3.73. The van der Waals surface area contributed by atoms with Crippen molar-refractivity contribution in [3.63, 3.8) is 0 Å². The Hall–Kier alpha value is -3.68. The van der Waals surface area contributed by atoms with Crippen LogP contribution in [-0.2, 0) is 19.7 Å². The topological polar surface area (TPSA) is 104 Å². The van der Waals surface area contributed by atoms with Gasteiger partial charge in [0.25, 0.3) is 0 Å². The van der Waals surface area contributed by atoms with E-state index in [2.05, 4.69) is 15.5 Å². The van der Waals surface area contributed by atoms with Crippen molar-refractivity contribution in [3.05, 3.63) is 59.8 Å². The minimum atomic E-state index is -0.665. The number of fused-ring (bicyclic) bond motifs is 1. The summed E-state index contributed by atoms with van der Waals surface area (Å²) in [5.74, 6) is -0.564. The zero-order chi connectivity index (χ0) is 23.7. The van der Waals surface area contributed by atoms with Crippen molar-refractivity contribution in [2.45, 2.75) is 50.0 Å². The number of amides is 2. The van der Waals surface area contributed by atoms with Crippen LogP contribution in [0.25, 0.3) is 10.9 Å². The van der Waals surface area contributed by atoms with Gasteiger partial charge in [-0.15, -0.1) is 0 Å². The molecule has 8 heteroatoms. The molecule has 1 aliphatic heterocycles. The Morgan fingerprint density at radius 1 is 1.09 bits per heavy atom. The fourth-order valence-corrected chi connectivity index (χ4v) is 5.50. The number of aromatic amines is 1. The van der Waals surface area contributed by atoms with Gasteiger partial charge in [0.15, 0.2) is 0 Å². The van der Waals surface area contributed by atoms with Crippen LogP contribution in [0.2, 0.25) is 0 Å². The molecule has 5 rings (SSSR count). The molecule has 2 aromatic carbocycles. The third-order valence-electron chi connectivity index (χ3n) is 7.28. The summed E-state index contributed by atoms with van der Waals surface area (Å²) >= 11 is 0. The average Bonchev–Trinajstić information content (AvgIpc) is 3.64. The number of nitrogens with zero attached hydrogens (tertiary/aromatic N) is 2. The van der Waals surface area contributed by atoms with Gasteiger partial charge < -0.3 is 15.0 Å². The number of anilines is 1. The van der Waals surface area contributed by atoms with Gasteiger partial charge in [0.1, 0.15) is 6.04 Å². The SMILES string of the molecule is COC(=O)c1ccc(C2(C(=O)N3CCC[C@@H]3C(=O)Nc3cccc4[nH]ncc34)CCCC2)cc1. The number of carbonyl (C=O) groups excluding carboxylic acids is 3. The molecule has 2 N–H and O–H groups in total. The van der Waals surface area contributed by atoms with Gasteiger partial charge >= 0.3 is 5.97 Å². The van der Waals surface area contributed by atoms with Gasteiger partial charge in [0.05, 0.1) is 35.5 Å². The van der Waals surface area contributed by atoms with Crippen LogP contribution < -0.4 is 5.32 Å². The first-order chi connectivity index (χ1) is 16.5. The molecule has 0 radical (unpaired) electrons. The molecule has 2 amide bonds. The molecule has 3 aromatic rings. The fourth-order valence-electron chi connectivity index (χ4n) is 5.50. The van der Waals surface area contributed by atoms with Crippen LogP contribution in [-0.4, -0.2) is 52.6 Å². The highest BCUT2D eigenvalue weighted by atomic mass is 16.5. The molecule has 0 bridgehead atoms. The molecule has 8 nitrogen and oxygen atoms in total. The molecular formula is C26H28N4O4. The Balaban J connectivity index is 1.40. The number of benzene rings is 2. The van der Waals surface area contributed by atoms with Crippen LogP contribution in [0.5, 0.6) is 0 Å². The number of H-pyrrole nitrogens is 1. The summed E-state index contributed by atoms with van der Waals surface area (Å²) in [5, 5.41) is 10.8. The molecule has 0 spiro atoms. The van der Waals surface area contributed by atoms with E-state index in [0.717, 1.165) is 48.6 Å². The standard InChI is InChI=1S/C26H28N4O4/c1-34-24(32)17-9-11-18(12-10-17)26(13-2-3-14-26)25(33)30-15-5-8-22(30)23(31)28-20-6-4-7-21-19(20)16-27-29-21/h4,6-7,9-12,16,22H,2-3,5,8,13-15H2,1H3,(H,27,29)(H,28,31)/t22-/m1/s1. The molecule has 0 unspecified atom stereocenters. The van der Waals surface area contributed by atoms with Crippen molar-refractivity contribution in [3.8, 4) is 0 Å². The molecule has 1 saturated heterocycles. The molecule has 34 heavy (non-hydrogen) atoms. The lowest BCUT2D eigenvalue weighted by molar-refractivity contribution is -0.141. The first kappa shape index (κ1) is 22.1. The largest absolute Gasteiger partial charge is 0.465 e. The summed E-state index contributed by atoms with van der Waals surface area (Å²) in [6.07, 6.45) is 6.50. The number of nitrogens with one attached hydrogen (secondary N) is 2. The van der Waals surface area contributed by atoms with E-state index >= 15 is 0 Å². The lowest BCUT2D eigenvalue weighted by Crippen LogP contribution is -2.51. The van der Waals surface area contributed by atoms with Crippen molar-refractivity contribution in [1.29, 1.82) is 0 Å². The summed E-state index contributed by atoms with van der Waals surface area (Å²) in [6, 6.07) is 12.3. The number of hydrogen-bond acceptors (Lipinski definition) is 5. The van der Waals surface area contributed by atoms with E-state index < -0.39 is 17.4 Å². The fraction of sp³-hybridized carbons (Fsp3) is 0.385. The number of rotatable bonds is 5. The summed E-state index contributed by atoms with van der Waals surface area (Å²) < 4.78 is 4.80. The van der Waals surface area contributed by atoms with Gasteiger partial charge in [-0.05, 0) is 55.5 Å². The van der Waals surface area contributed by atoms with Crippen LogP contribution >= 0.6 is 0 Å². The van der Waals surface area contributed by atoms with E-state index in [9.17, 15) is 14.4 Å². The number of aromatic nitrogens is 2. The summed E-state index contributed by atoms with van der Waals surface area (Å²) in [6.45, 7) is 0.564. The number of esters is 1. The predicted octanol–water partition coefficient (Wildman–Crippen LogP) is 3.79. The Kier molecular flexibility index (Phi) is 5.81. The minimum Gasteiger partial charge on any atom is -0.465 e. The van der Waals surface area contributed by atoms with E-state index in [1.165, 1.54) is 7.11 Å². The van der Waals surface area contributed by atoms with Crippen molar-refractivity contribution in [2.75, 3.05) is 19.0 Å². The number of methoxy groups -OCH3 is 1.